The van der Waals surface area contributed by atoms with Gasteiger partial charge in [-0.1, -0.05) is 0 Å². The lowest BCUT2D eigenvalue weighted by molar-refractivity contribution is -0.139. The molecule has 0 spiro atoms. The first-order valence-corrected chi connectivity index (χ1v) is 6.96. The molecule has 1 saturated heterocycles. The van der Waals surface area contributed by atoms with E-state index in [1.807, 2.05) is 0 Å². The van der Waals surface area contributed by atoms with Gasteiger partial charge in [-0.15, -0.1) is 0 Å². The van der Waals surface area contributed by atoms with Crippen molar-refractivity contribution >= 4 is 12.0 Å². The summed E-state index contributed by atoms with van der Waals surface area (Å²) < 4.78 is 4.88. The van der Waals surface area contributed by atoms with Crippen LogP contribution in [0.15, 0.2) is 0 Å². The van der Waals surface area contributed by atoms with Crippen LogP contribution in [-0.4, -0.2) is 66.6 Å². The van der Waals surface area contributed by atoms with Crippen LogP contribution in [0.25, 0.3) is 0 Å². The Labute approximate surface area is 118 Å². The number of carboxylic acids is 1. The quantitative estimate of drug-likeness (QED) is 0.584. The van der Waals surface area contributed by atoms with E-state index in [2.05, 4.69) is 5.32 Å². The molecule has 0 aromatic carbocycles. The van der Waals surface area contributed by atoms with Crippen molar-refractivity contribution in [3.63, 3.8) is 0 Å². The number of ether oxygens (including phenoxy) is 1. The SMILES string of the molecule is COCCCC(NC(=O)N1CCC(CO)CC1)C(=O)O. The van der Waals surface area contributed by atoms with E-state index in [0.29, 0.717) is 32.5 Å². The third kappa shape index (κ3) is 5.34. The second kappa shape index (κ2) is 8.76. The lowest BCUT2D eigenvalue weighted by Gasteiger charge is -2.32. The number of aliphatic hydroxyl groups is 1. The average molecular weight is 288 g/mol. The van der Waals surface area contributed by atoms with Gasteiger partial charge < -0.3 is 25.2 Å². The minimum Gasteiger partial charge on any atom is -0.480 e. The Morgan fingerprint density at radius 2 is 2.05 bits per heavy atom. The maximum atomic E-state index is 12.0. The number of likely N-dealkylation sites (tertiary alicyclic amines) is 1. The summed E-state index contributed by atoms with van der Waals surface area (Å²) >= 11 is 0. The summed E-state index contributed by atoms with van der Waals surface area (Å²) in [5.74, 6) is -0.782. The molecule has 0 aromatic rings. The fraction of sp³-hybridized carbons (Fsp3) is 0.846. The van der Waals surface area contributed by atoms with Crippen LogP contribution >= 0.6 is 0 Å². The number of nitrogens with zero attached hydrogens (tertiary/aromatic N) is 1. The number of methoxy groups -OCH3 is 1. The van der Waals surface area contributed by atoms with Crippen LogP contribution in [0.5, 0.6) is 0 Å². The van der Waals surface area contributed by atoms with Gasteiger partial charge in [0.25, 0.3) is 0 Å². The summed E-state index contributed by atoms with van der Waals surface area (Å²) in [5, 5.41) is 20.7. The number of aliphatic carboxylic acids is 1. The van der Waals surface area contributed by atoms with Gasteiger partial charge in [0.15, 0.2) is 0 Å². The number of rotatable bonds is 7. The molecule has 0 radical (unpaired) electrons. The van der Waals surface area contributed by atoms with E-state index in [1.165, 1.54) is 0 Å². The van der Waals surface area contributed by atoms with Gasteiger partial charge in [0, 0.05) is 33.4 Å². The van der Waals surface area contributed by atoms with Gasteiger partial charge in [-0.3, -0.25) is 0 Å². The first-order valence-electron chi connectivity index (χ1n) is 6.96. The number of amides is 2. The Hall–Kier alpha value is -1.34. The van der Waals surface area contributed by atoms with Crippen molar-refractivity contribution in [2.45, 2.75) is 31.7 Å². The molecule has 1 aliphatic rings. The van der Waals surface area contributed by atoms with Gasteiger partial charge in [-0.25, -0.2) is 9.59 Å². The highest BCUT2D eigenvalue weighted by atomic mass is 16.5. The van der Waals surface area contributed by atoms with E-state index in [0.717, 1.165) is 12.8 Å². The van der Waals surface area contributed by atoms with Crippen LogP contribution in [0.1, 0.15) is 25.7 Å². The zero-order chi connectivity index (χ0) is 15.0. The van der Waals surface area contributed by atoms with Crippen LogP contribution in [0.2, 0.25) is 0 Å². The Kier molecular flexibility index (Phi) is 7.32. The van der Waals surface area contributed by atoms with E-state index in [1.54, 1.807) is 12.0 Å². The molecule has 116 valence electrons. The summed E-state index contributed by atoms with van der Waals surface area (Å²) in [6.45, 7) is 1.73. The molecular formula is C13H24N2O5. The summed E-state index contributed by atoms with van der Waals surface area (Å²) in [5.41, 5.74) is 0. The number of carboxylic acid groups (broad SMARTS) is 1. The fourth-order valence-corrected chi connectivity index (χ4v) is 2.25. The van der Waals surface area contributed by atoms with E-state index < -0.39 is 12.0 Å². The number of piperidine rings is 1. The zero-order valence-corrected chi connectivity index (χ0v) is 11.9. The maximum Gasteiger partial charge on any atom is 0.326 e. The van der Waals surface area contributed by atoms with Crippen molar-refractivity contribution in [1.29, 1.82) is 0 Å². The number of aliphatic hydroxyl groups excluding tert-OH is 1. The molecule has 1 atom stereocenters. The topological polar surface area (TPSA) is 99.1 Å². The molecular weight excluding hydrogens is 264 g/mol. The molecule has 1 rings (SSSR count). The van der Waals surface area contributed by atoms with Gasteiger partial charge in [0.2, 0.25) is 0 Å². The molecule has 20 heavy (non-hydrogen) atoms. The Morgan fingerprint density at radius 3 is 2.55 bits per heavy atom. The molecule has 7 nitrogen and oxygen atoms in total. The first-order chi connectivity index (χ1) is 9.58. The van der Waals surface area contributed by atoms with Gasteiger partial charge in [0.05, 0.1) is 0 Å². The average Bonchev–Trinajstić information content (AvgIpc) is 2.46. The van der Waals surface area contributed by atoms with Gasteiger partial charge >= 0.3 is 12.0 Å². The summed E-state index contributed by atoms with van der Waals surface area (Å²) in [4.78, 5) is 24.7. The maximum absolute atomic E-state index is 12.0. The predicted octanol–water partition coefficient (Wildman–Crippen LogP) is 0.280. The number of nitrogens with one attached hydrogen (secondary N) is 1. The number of carbonyl (C=O) groups is 2. The lowest BCUT2D eigenvalue weighted by atomic mass is 9.98. The second-order valence-corrected chi connectivity index (χ2v) is 5.09. The number of hydrogen-bond acceptors (Lipinski definition) is 4. The minimum absolute atomic E-state index is 0.143. The second-order valence-electron chi connectivity index (χ2n) is 5.09. The monoisotopic (exact) mass is 288 g/mol. The van der Waals surface area contributed by atoms with Crippen LogP contribution in [0.3, 0.4) is 0 Å². The van der Waals surface area contributed by atoms with Crippen LogP contribution in [0.4, 0.5) is 4.79 Å². The Balaban J connectivity index is 2.39. The third-order valence-electron chi connectivity index (χ3n) is 3.60. The number of hydrogen-bond donors (Lipinski definition) is 3. The molecule has 3 N–H and O–H groups in total. The molecule has 0 aliphatic carbocycles. The highest BCUT2D eigenvalue weighted by Crippen LogP contribution is 2.16. The molecule has 0 saturated carbocycles. The highest BCUT2D eigenvalue weighted by molar-refractivity contribution is 5.82. The van der Waals surface area contributed by atoms with E-state index in [-0.39, 0.29) is 18.6 Å². The largest absolute Gasteiger partial charge is 0.480 e. The molecule has 7 heteroatoms. The van der Waals surface area contributed by atoms with Crippen LogP contribution in [0, 0.1) is 5.92 Å². The van der Waals surface area contributed by atoms with E-state index in [4.69, 9.17) is 14.9 Å². The van der Waals surface area contributed by atoms with Gasteiger partial charge in [-0.05, 0) is 31.6 Å². The van der Waals surface area contributed by atoms with Crippen molar-refractivity contribution in [2.75, 3.05) is 33.4 Å². The van der Waals surface area contributed by atoms with E-state index >= 15 is 0 Å². The fourth-order valence-electron chi connectivity index (χ4n) is 2.25. The van der Waals surface area contributed by atoms with Crippen LogP contribution < -0.4 is 5.32 Å². The van der Waals surface area contributed by atoms with Crippen molar-refractivity contribution < 1.29 is 24.5 Å². The zero-order valence-electron chi connectivity index (χ0n) is 11.9. The van der Waals surface area contributed by atoms with Crippen LogP contribution in [-0.2, 0) is 9.53 Å². The van der Waals surface area contributed by atoms with Crippen molar-refractivity contribution in [1.82, 2.24) is 10.2 Å². The minimum atomic E-state index is -1.03. The Bertz CT molecular complexity index is 316. The normalized spacial score (nSPS) is 17.8. The smallest absolute Gasteiger partial charge is 0.326 e. The standard InChI is InChI=1S/C13H24N2O5/c1-20-8-2-3-11(12(17)18)14-13(19)15-6-4-10(9-16)5-7-15/h10-11,16H,2-9H2,1H3,(H,14,19)(H,17,18). The summed E-state index contributed by atoms with van der Waals surface area (Å²) in [6, 6.07) is -1.22. The van der Waals surface area contributed by atoms with E-state index in [9.17, 15) is 9.59 Å². The molecule has 2 amide bonds. The molecule has 1 unspecified atom stereocenters. The Morgan fingerprint density at radius 1 is 1.40 bits per heavy atom. The lowest BCUT2D eigenvalue weighted by Crippen LogP contribution is -2.50. The molecule has 1 aliphatic heterocycles. The van der Waals surface area contributed by atoms with Gasteiger partial charge in [-0.2, -0.15) is 0 Å². The third-order valence-corrected chi connectivity index (χ3v) is 3.60. The molecule has 1 heterocycles. The molecule has 1 fully saturated rings. The van der Waals surface area contributed by atoms with Crippen molar-refractivity contribution in [3.05, 3.63) is 0 Å². The van der Waals surface area contributed by atoms with Crippen molar-refractivity contribution in [3.8, 4) is 0 Å². The van der Waals surface area contributed by atoms with Crippen molar-refractivity contribution in [2.24, 2.45) is 5.92 Å². The predicted molar refractivity (Wildman–Crippen MR) is 72.4 cm³/mol. The highest BCUT2D eigenvalue weighted by Gasteiger charge is 2.26. The summed E-state index contributed by atoms with van der Waals surface area (Å²) in [6.07, 6.45) is 2.44. The number of urea groups is 1. The first kappa shape index (κ1) is 16.7. The summed E-state index contributed by atoms with van der Waals surface area (Å²) in [7, 11) is 1.56. The van der Waals surface area contributed by atoms with Gasteiger partial charge in [0.1, 0.15) is 6.04 Å². The number of carbonyl (C=O) groups excluding carboxylic acids is 1. The molecule has 0 bridgehead atoms. The molecule has 0 aromatic heterocycles.